The lowest BCUT2D eigenvalue weighted by molar-refractivity contribution is -0.152. The summed E-state index contributed by atoms with van der Waals surface area (Å²) in [7, 11) is 1.35. The van der Waals surface area contributed by atoms with E-state index >= 15 is 0 Å². The molecule has 2 atom stereocenters. The molecule has 1 aliphatic carbocycles. The summed E-state index contributed by atoms with van der Waals surface area (Å²) in [5.41, 5.74) is 4.79. The van der Waals surface area contributed by atoms with Gasteiger partial charge in [0.15, 0.2) is 0 Å². The maximum Gasteiger partial charge on any atom is 0.408 e. The van der Waals surface area contributed by atoms with E-state index in [-0.39, 0.29) is 5.97 Å². The second-order valence-electron chi connectivity index (χ2n) is 7.02. The molecule has 1 aliphatic rings. The second-order valence-corrected chi connectivity index (χ2v) is 7.02. The number of rotatable bonds is 4. The van der Waals surface area contributed by atoms with Gasteiger partial charge in [-0.1, -0.05) is 6.08 Å². The van der Waals surface area contributed by atoms with Crippen LogP contribution in [0.15, 0.2) is 11.6 Å². The van der Waals surface area contributed by atoms with E-state index in [4.69, 9.17) is 15.2 Å². The standard InChI is InChI=1S/C16H26N2O5/c1-15(2,3)23-14(21)18-11(12(17)19)10-6-8-16(4,9-7-10)13(20)22-5/h6,11H,7-9H2,1-5H3,(H2,17,19)(H,18,21). The van der Waals surface area contributed by atoms with E-state index in [0.29, 0.717) is 24.8 Å². The van der Waals surface area contributed by atoms with Crippen LogP contribution in [0.1, 0.15) is 47.0 Å². The number of alkyl carbamates (subject to hydrolysis) is 1. The summed E-state index contributed by atoms with van der Waals surface area (Å²) in [5.74, 6) is -0.952. The average molecular weight is 326 g/mol. The first kappa shape index (κ1) is 19.0. The van der Waals surface area contributed by atoms with Crippen LogP contribution in [-0.2, 0) is 19.1 Å². The predicted molar refractivity (Wildman–Crippen MR) is 84.4 cm³/mol. The summed E-state index contributed by atoms with van der Waals surface area (Å²) in [4.78, 5) is 35.3. The van der Waals surface area contributed by atoms with Gasteiger partial charge in [0.2, 0.25) is 5.91 Å². The summed E-state index contributed by atoms with van der Waals surface area (Å²) < 4.78 is 9.95. The van der Waals surface area contributed by atoms with Gasteiger partial charge in [0.05, 0.1) is 12.5 Å². The van der Waals surface area contributed by atoms with Crippen molar-refractivity contribution < 1.29 is 23.9 Å². The van der Waals surface area contributed by atoms with Crippen molar-refractivity contribution in [3.8, 4) is 0 Å². The number of ether oxygens (including phenoxy) is 2. The van der Waals surface area contributed by atoms with Crippen LogP contribution in [0.4, 0.5) is 4.79 Å². The summed E-state index contributed by atoms with van der Waals surface area (Å²) in [5, 5.41) is 2.49. The van der Waals surface area contributed by atoms with Gasteiger partial charge < -0.3 is 20.5 Å². The fourth-order valence-electron chi connectivity index (χ4n) is 2.45. The highest BCUT2D eigenvalue weighted by Gasteiger charge is 2.38. The lowest BCUT2D eigenvalue weighted by Gasteiger charge is -2.32. The van der Waals surface area contributed by atoms with Crippen molar-refractivity contribution in [2.24, 2.45) is 11.1 Å². The van der Waals surface area contributed by atoms with Gasteiger partial charge >= 0.3 is 12.1 Å². The zero-order valence-electron chi connectivity index (χ0n) is 14.4. The first-order chi connectivity index (χ1) is 10.5. The van der Waals surface area contributed by atoms with Gasteiger partial charge in [0.25, 0.3) is 0 Å². The first-order valence-corrected chi connectivity index (χ1v) is 7.55. The maximum absolute atomic E-state index is 11.9. The number of hydrogen-bond donors (Lipinski definition) is 2. The zero-order valence-corrected chi connectivity index (χ0v) is 14.4. The monoisotopic (exact) mass is 326 g/mol. The van der Waals surface area contributed by atoms with Gasteiger partial charge in [-0.25, -0.2) is 4.79 Å². The van der Waals surface area contributed by atoms with Crippen LogP contribution >= 0.6 is 0 Å². The lowest BCUT2D eigenvalue weighted by Crippen LogP contribution is -2.48. The molecular weight excluding hydrogens is 300 g/mol. The molecule has 130 valence electrons. The summed E-state index contributed by atoms with van der Waals surface area (Å²) in [6.07, 6.45) is 2.48. The number of hydrogen-bond acceptors (Lipinski definition) is 5. The number of methoxy groups -OCH3 is 1. The van der Waals surface area contributed by atoms with Gasteiger partial charge in [-0.3, -0.25) is 9.59 Å². The average Bonchev–Trinajstić information content (AvgIpc) is 2.43. The predicted octanol–water partition coefficient (Wildman–Crippen LogP) is 1.65. The minimum Gasteiger partial charge on any atom is -0.469 e. The Balaban J connectivity index is 2.82. The number of allylic oxidation sites excluding steroid dienone is 1. The Bertz CT molecular complexity index is 521. The highest BCUT2D eigenvalue weighted by Crippen LogP contribution is 2.37. The van der Waals surface area contributed by atoms with Crippen LogP contribution in [0.3, 0.4) is 0 Å². The molecule has 7 nitrogen and oxygen atoms in total. The number of carbonyl (C=O) groups is 3. The molecule has 7 heteroatoms. The molecule has 0 saturated carbocycles. The normalized spacial score (nSPS) is 22.6. The van der Waals surface area contributed by atoms with Crippen molar-refractivity contribution in [1.82, 2.24) is 5.32 Å². The third-order valence-corrected chi connectivity index (χ3v) is 3.77. The van der Waals surface area contributed by atoms with Crippen LogP contribution in [0.2, 0.25) is 0 Å². The topological polar surface area (TPSA) is 108 Å². The molecule has 0 radical (unpaired) electrons. The van der Waals surface area contributed by atoms with E-state index in [1.807, 2.05) is 6.92 Å². The van der Waals surface area contributed by atoms with Gasteiger partial charge in [-0.05, 0) is 52.5 Å². The summed E-state index contributed by atoms with van der Waals surface area (Å²) in [6.45, 7) is 7.00. The molecular formula is C16H26N2O5. The Kier molecular flexibility index (Phi) is 5.80. The SMILES string of the molecule is COC(=O)C1(C)CC=C(C(NC(=O)OC(C)(C)C)C(N)=O)CC1. The molecule has 2 amide bonds. The third-order valence-electron chi connectivity index (χ3n) is 3.77. The van der Waals surface area contributed by atoms with Crippen LogP contribution in [-0.4, -0.2) is 36.7 Å². The number of carbonyl (C=O) groups excluding carboxylic acids is 3. The molecule has 3 N–H and O–H groups in total. The largest absolute Gasteiger partial charge is 0.469 e. The molecule has 0 aliphatic heterocycles. The van der Waals surface area contributed by atoms with Gasteiger partial charge in [0.1, 0.15) is 11.6 Å². The second kappa shape index (κ2) is 7.02. The molecule has 1 rings (SSSR count). The van der Waals surface area contributed by atoms with Crippen molar-refractivity contribution in [2.45, 2.75) is 58.6 Å². The van der Waals surface area contributed by atoms with Crippen molar-refractivity contribution in [3.05, 3.63) is 11.6 Å². The highest BCUT2D eigenvalue weighted by molar-refractivity contribution is 5.87. The van der Waals surface area contributed by atoms with Crippen LogP contribution in [0.25, 0.3) is 0 Å². The number of nitrogens with one attached hydrogen (secondary N) is 1. The van der Waals surface area contributed by atoms with E-state index in [1.54, 1.807) is 26.8 Å². The lowest BCUT2D eigenvalue weighted by atomic mass is 9.75. The molecule has 0 spiro atoms. The molecule has 2 unspecified atom stereocenters. The van der Waals surface area contributed by atoms with Crippen molar-refractivity contribution in [2.75, 3.05) is 7.11 Å². The summed E-state index contributed by atoms with van der Waals surface area (Å²) in [6, 6.07) is -0.938. The van der Waals surface area contributed by atoms with E-state index in [9.17, 15) is 14.4 Å². The molecule has 0 fully saturated rings. The molecule has 0 aromatic rings. The Morgan fingerprint density at radius 3 is 2.35 bits per heavy atom. The zero-order chi connectivity index (χ0) is 17.8. The van der Waals surface area contributed by atoms with E-state index in [0.717, 1.165) is 0 Å². The van der Waals surface area contributed by atoms with Crippen molar-refractivity contribution >= 4 is 18.0 Å². The van der Waals surface area contributed by atoms with Crippen LogP contribution < -0.4 is 11.1 Å². The Morgan fingerprint density at radius 2 is 1.96 bits per heavy atom. The van der Waals surface area contributed by atoms with Crippen molar-refractivity contribution in [3.63, 3.8) is 0 Å². The first-order valence-electron chi connectivity index (χ1n) is 7.55. The van der Waals surface area contributed by atoms with Crippen LogP contribution in [0, 0.1) is 5.41 Å². The fourth-order valence-corrected chi connectivity index (χ4v) is 2.45. The fraction of sp³-hybridized carbons (Fsp3) is 0.688. The minimum absolute atomic E-state index is 0.288. The van der Waals surface area contributed by atoms with Gasteiger partial charge in [-0.15, -0.1) is 0 Å². The third kappa shape index (κ3) is 5.26. The molecule has 0 heterocycles. The maximum atomic E-state index is 11.9. The Morgan fingerprint density at radius 1 is 1.35 bits per heavy atom. The molecule has 0 bridgehead atoms. The highest BCUT2D eigenvalue weighted by atomic mass is 16.6. The Labute approximate surface area is 136 Å². The number of esters is 1. The minimum atomic E-state index is -0.938. The number of nitrogens with two attached hydrogens (primary N) is 1. The molecule has 0 saturated heterocycles. The van der Waals surface area contributed by atoms with Crippen LogP contribution in [0.5, 0.6) is 0 Å². The van der Waals surface area contributed by atoms with Crippen molar-refractivity contribution in [1.29, 1.82) is 0 Å². The Hall–Kier alpha value is -2.05. The number of amides is 2. The van der Waals surface area contributed by atoms with E-state index in [1.165, 1.54) is 7.11 Å². The van der Waals surface area contributed by atoms with E-state index < -0.39 is 29.1 Å². The van der Waals surface area contributed by atoms with Gasteiger partial charge in [0, 0.05) is 0 Å². The van der Waals surface area contributed by atoms with Gasteiger partial charge in [-0.2, -0.15) is 0 Å². The van der Waals surface area contributed by atoms with E-state index in [2.05, 4.69) is 5.32 Å². The molecule has 0 aromatic carbocycles. The summed E-state index contributed by atoms with van der Waals surface area (Å²) >= 11 is 0. The molecule has 23 heavy (non-hydrogen) atoms. The quantitative estimate of drug-likeness (QED) is 0.603. The number of primary amides is 1. The molecule has 0 aromatic heterocycles. The smallest absolute Gasteiger partial charge is 0.408 e.